The van der Waals surface area contributed by atoms with Gasteiger partial charge < -0.3 is 10.4 Å². The van der Waals surface area contributed by atoms with Crippen molar-refractivity contribution >= 4 is 5.97 Å². The van der Waals surface area contributed by atoms with Gasteiger partial charge in [0.05, 0.1) is 0 Å². The second-order valence-corrected chi connectivity index (χ2v) is 5.90. The number of aliphatic carboxylic acids is 1. The molecule has 100 valence electrons. The van der Waals surface area contributed by atoms with E-state index in [2.05, 4.69) is 26.1 Å². The number of carbonyl (C=O) groups is 1. The Kier molecular flexibility index (Phi) is 5.44. The number of hydrogen-bond donors (Lipinski definition) is 2. The summed E-state index contributed by atoms with van der Waals surface area (Å²) in [4.78, 5) is 11.1. The molecule has 3 heteroatoms. The lowest BCUT2D eigenvalue weighted by Gasteiger charge is -2.39. The van der Waals surface area contributed by atoms with E-state index in [4.69, 9.17) is 5.11 Å². The number of carboxylic acid groups (broad SMARTS) is 1. The van der Waals surface area contributed by atoms with Gasteiger partial charge in [-0.05, 0) is 37.0 Å². The van der Waals surface area contributed by atoms with E-state index < -0.39 is 5.97 Å². The molecule has 1 fully saturated rings. The lowest BCUT2D eigenvalue weighted by atomic mass is 9.74. The molecule has 1 unspecified atom stereocenters. The molecule has 0 radical (unpaired) electrons. The Hall–Kier alpha value is -0.570. The van der Waals surface area contributed by atoms with E-state index >= 15 is 0 Å². The predicted octanol–water partition coefficient (Wildman–Crippen LogP) is 2.90. The Labute approximate surface area is 105 Å². The summed E-state index contributed by atoms with van der Waals surface area (Å²) in [6, 6.07) is -0.00801. The second-order valence-electron chi connectivity index (χ2n) is 5.90. The Morgan fingerprint density at radius 2 is 2.06 bits per heavy atom. The van der Waals surface area contributed by atoms with Crippen LogP contribution < -0.4 is 5.32 Å². The van der Waals surface area contributed by atoms with Crippen molar-refractivity contribution in [2.45, 2.75) is 65.5 Å². The van der Waals surface area contributed by atoms with E-state index in [9.17, 15) is 4.79 Å². The predicted molar refractivity (Wildman–Crippen MR) is 70.0 cm³/mol. The lowest BCUT2D eigenvalue weighted by molar-refractivity contribution is -0.140. The van der Waals surface area contributed by atoms with Crippen molar-refractivity contribution in [1.29, 1.82) is 0 Å². The van der Waals surface area contributed by atoms with E-state index in [1.807, 2.05) is 6.92 Å². The lowest BCUT2D eigenvalue weighted by Crippen LogP contribution is -2.49. The summed E-state index contributed by atoms with van der Waals surface area (Å²) in [5.41, 5.74) is 0. The van der Waals surface area contributed by atoms with Crippen LogP contribution in [-0.2, 0) is 4.79 Å². The molecular weight excluding hydrogens is 214 g/mol. The fraction of sp³-hybridized carbons (Fsp3) is 0.929. The summed E-state index contributed by atoms with van der Waals surface area (Å²) >= 11 is 0. The summed E-state index contributed by atoms with van der Waals surface area (Å²) in [6.45, 7) is 8.70. The molecule has 2 N–H and O–H groups in total. The van der Waals surface area contributed by atoms with Crippen LogP contribution in [0.5, 0.6) is 0 Å². The van der Waals surface area contributed by atoms with Crippen LogP contribution in [0.2, 0.25) is 0 Å². The van der Waals surface area contributed by atoms with Gasteiger partial charge >= 0.3 is 5.97 Å². The summed E-state index contributed by atoms with van der Waals surface area (Å²) in [5, 5.41) is 12.5. The topological polar surface area (TPSA) is 49.3 Å². The molecule has 0 bridgehead atoms. The van der Waals surface area contributed by atoms with Gasteiger partial charge in [0.1, 0.15) is 6.04 Å². The average Bonchev–Trinajstić information content (AvgIpc) is 2.25. The minimum atomic E-state index is -0.715. The molecule has 17 heavy (non-hydrogen) atoms. The monoisotopic (exact) mass is 241 g/mol. The maximum Gasteiger partial charge on any atom is 0.320 e. The molecule has 1 aliphatic carbocycles. The maximum absolute atomic E-state index is 11.1. The molecule has 0 aromatic heterocycles. The van der Waals surface area contributed by atoms with E-state index in [0.717, 1.165) is 6.42 Å². The highest BCUT2D eigenvalue weighted by Gasteiger charge is 2.32. The van der Waals surface area contributed by atoms with Crippen molar-refractivity contribution in [3.8, 4) is 0 Å². The van der Waals surface area contributed by atoms with E-state index in [1.165, 1.54) is 12.8 Å². The summed E-state index contributed by atoms with van der Waals surface area (Å²) in [6.07, 6.45) is 4.29. The van der Waals surface area contributed by atoms with Gasteiger partial charge in [-0.3, -0.25) is 4.79 Å². The maximum atomic E-state index is 11.1. The zero-order valence-electron chi connectivity index (χ0n) is 11.6. The molecule has 1 aliphatic rings. The zero-order chi connectivity index (χ0) is 13.0. The van der Waals surface area contributed by atoms with Crippen LogP contribution in [0.1, 0.15) is 53.4 Å². The second kappa shape index (κ2) is 6.39. The van der Waals surface area contributed by atoms with Gasteiger partial charge in [0, 0.05) is 6.04 Å². The fourth-order valence-corrected chi connectivity index (χ4v) is 3.02. The smallest absolute Gasteiger partial charge is 0.320 e. The first-order valence-electron chi connectivity index (χ1n) is 6.94. The number of hydrogen-bond acceptors (Lipinski definition) is 2. The van der Waals surface area contributed by atoms with Gasteiger partial charge in [-0.2, -0.15) is 0 Å². The summed E-state index contributed by atoms with van der Waals surface area (Å²) in [7, 11) is 0. The highest BCUT2D eigenvalue weighted by molar-refractivity contribution is 5.73. The quantitative estimate of drug-likeness (QED) is 0.778. The Morgan fingerprint density at radius 1 is 1.41 bits per heavy atom. The fourth-order valence-electron chi connectivity index (χ4n) is 3.02. The largest absolute Gasteiger partial charge is 0.480 e. The Morgan fingerprint density at radius 3 is 2.53 bits per heavy atom. The molecule has 0 aromatic rings. The molecule has 0 aliphatic heterocycles. The number of nitrogens with one attached hydrogen (secondary N) is 1. The van der Waals surface area contributed by atoms with Crippen LogP contribution >= 0.6 is 0 Å². The zero-order valence-corrected chi connectivity index (χ0v) is 11.6. The first kappa shape index (κ1) is 14.5. The van der Waals surface area contributed by atoms with Gasteiger partial charge in [0.25, 0.3) is 0 Å². The molecule has 0 aromatic carbocycles. The molecular formula is C14H27NO2. The molecule has 0 saturated heterocycles. The van der Waals surface area contributed by atoms with Gasteiger partial charge in [0.2, 0.25) is 0 Å². The Balaban J connectivity index is 2.65. The first-order valence-corrected chi connectivity index (χ1v) is 6.94. The minimum absolute atomic E-state index is 0.375. The molecule has 0 spiro atoms. The third kappa shape index (κ3) is 3.98. The van der Waals surface area contributed by atoms with Crippen molar-refractivity contribution in [1.82, 2.24) is 5.32 Å². The molecule has 1 rings (SSSR count). The molecule has 0 amide bonds. The van der Waals surface area contributed by atoms with E-state index in [0.29, 0.717) is 30.2 Å². The summed E-state index contributed by atoms with van der Waals surface area (Å²) < 4.78 is 0. The number of rotatable bonds is 5. The van der Waals surface area contributed by atoms with Crippen LogP contribution in [0.3, 0.4) is 0 Å². The molecule has 4 atom stereocenters. The van der Waals surface area contributed by atoms with Crippen LogP contribution in [0.15, 0.2) is 0 Å². The van der Waals surface area contributed by atoms with E-state index in [-0.39, 0.29) is 6.04 Å². The van der Waals surface area contributed by atoms with E-state index in [1.54, 1.807) is 0 Å². The minimum Gasteiger partial charge on any atom is -0.480 e. The first-order chi connectivity index (χ1) is 7.95. The van der Waals surface area contributed by atoms with Crippen molar-refractivity contribution in [2.24, 2.45) is 17.8 Å². The van der Waals surface area contributed by atoms with Crippen molar-refractivity contribution in [3.63, 3.8) is 0 Å². The van der Waals surface area contributed by atoms with Gasteiger partial charge in [-0.25, -0.2) is 0 Å². The van der Waals surface area contributed by atoms with Gasteiger partial charge in [-0.15, -0.1) is 0 Å². The highest BCUT2D eigenvalue weighted by atomic mass is 16.4. The van der Waals surface area contributed by atoms with Crippen molar-refractivity contribution in [2.75, 3.05) is 0 Å². The SMILES string of the molecule is CCC(N[C@H]1C[C@@H](C)CC[C@@H]1C(C)C)C(=O)O. The highest BCUT2D eigenvalue weighted by Crippen LogP contribution is 2.33. The average molecular weight is 241 g/mol. The third-order valence-corrected chi connectivity index (χ3v) is 4.14. The van der Waals surface area contributed by atoms with Crippen LogP contribution in [-0.4, -0.2) is 23.2 Å². The Bertz CT molecular complexity index is 253. The van der Waals surface area contributed by atoms with Crippen LogP contribution in [0.4, 0.5) is 0 Å². The normalized spacial score (nSPS) is 31.5. The van der Waals surface area contributed by atoms with Crippen molar-refractivity contribution < 1.29 is 9.90 Å². The van der Waals surface area contributed by atoms with Crippen molar-refractivity contribution in [3.05, 3.63) is 0 Å². The standard InChI is InChI=1S/C14H27NO2/c1-5-12(14(16)17)15-13-8-10(4)6-7-11(13)9(2)3/h9-13,15H,5-8H2,1-4H3,(H,16,17)/t10-,11+,12?,13-/m0/s1. The van der Waals surface area contributed by atoms with Crippen LogP contribution in [0, 0.1) is 17.8 Å². The van der Waals surface area contributed by atoms with Gasteiger partial charge in [-0.1, -0.05) is 34.1 Å². The van der Waals surface area contributed by atoms with Crippen LogP contribution in [0.25, 0.3) is 0 Å². The summed E-state index contributed by atoms with van der Waals surface area (Å²) in [5.74, 6) is 1.26. The third-order valence-electron chi connectivity index (χ3n) is 4.14. The van der Waals surface area contributed by atoms with Gasteiger partial charge in [0.15, 0.2) is 0 Å². The molecule has 3 nitrogen and oxygen atoms in total. The molecule has 1 saturated carbocycles. The molecule has 0 heterocycles. The number of carboxylic acids is 1.